The van der Waals surface area contributed by atoms with E-state index in [1.54, 1.807) is 0 Å². The van der Waals surface area contributed by atoms with Crippen molar-refractivity contribution in [1.82, 2.24) is 0 Å². The van der Waals surface area contributed by atoms with Gasteiger partial charge < -0.3 is 10.6 Å². The Morgan fingerprint density at radius 2 is 1.74 bits per heavy atom. The molecule has 2 aromatic rings. The Labute approximate surface area is 134 Å². The zero-order chi connectivity index (χ0) is 17.0. The van der Waals surface area contributed by atoms with Crippen LogP contribution in [0.1, 0.15) is 11.1 Å². The zero-order valence-electron chi connectivity index (χ0n) is 11.4. The topological polar surface area (TPSA) is 64.9 Å². The third kappa shape index (κ3) is 4.37. The van der Waals surface area contributed by atoms with Crippen LogP contribution < -0.4 is 10.6 Å². The Morgan fingerprint density at radius 1 is 1.09 bits per heavy atom. The van der Waals surface area contributed by atoms with E-state index in [1.807, 2.05) is 6.07 Å². The van der Waals surface area contributed by atoms with Gasteiger partial charge in [0.15, 0.2) is 0 Å². The molecule has 8 heteroatoms. The SMILES string of the molecule is N#Cc1ccc(NC(=O)Nc2ccc(Cl)cc2C(F)(F)F)cc1. The number of nitrogens with zero attached hydrogens (tertiary/aromatic N) is 1. The summed E-state index contributed by atoms with van der Waals surface area (Å²) in [7, 11) is 0. The quantitative estimate of drug-likeness (QED) is 0.819. The number of nitrogens with one attached hydrogen (secondary N) is 2. The van der Waals surface area contributed by atoms with Crippen molar-refractivity contribution in [2.24, 2.45) is 0 Å². The van der Waals surface area contributed by atoms with E-state index in [2.05, 4.69) is 10.6 Å². The smallest absolute Gasteiger partial charge is 0.308 e. The van der Waals surface area contributed by atoms with Crippen molar-refractivity contribution >= 4 is 29.0 Å². The highest BCUT2D eigenvalue weighted by molar-refractivity contribution is 6.30. The molecule has 2 amide bonds. The number of anilines is 2. The molecule has 23 heavy (non-hydrogen) atoms. The van der Waals surface area contributed by atoms with Crippen molar-refractivity contribution in [2.75, 3.05) is 10.6 Å². The van der Waals surface area contributed by atoms with Crippen molar-refractivity contribution in [3.05, 3.63) is 58.6 Å². The van der Waals surface area contributed by atoms with E-state index >= 15 is 0 Å². The first kappa shape index (κ1) is 16.6. The molecule has 0 aliphatic heterocycles. The number of urea groups is 1. The third-order valence-electron chi connectivity index (χ3n) is 2.81. The number of halogens is 4. The van der Waals surface area contributed by atoms with Gasteiger partial charge in [0.2, 0.25) is 0 Å². The Kier molecular flexibility index (Phi) is 4.77. The summed E-state index contributed by atoms with van der Waals surface area (Å²) in [6.45, 7) is 0. The number of alkyl halides is 3. The molecule has 118 valence electrons. The van der Waals surface area contributed by atoms with E-state index in [1.165, 1.54) is 30.3 Å². The molecule has 0 radical (unpaired) electrons. The molecule has 0 aromatic heterocycles. The van der Waals surface area contributed by atoms with Crippen LogP contribution in [0.15, 0.2) is 42.5 Å². The standard InChI is InChI=1S/C15H9ClF3N3O/c16-10-3-6-13(12(7-10)15(17,18)19)22-14(23)21-11-4-1-9(8-20)2-5-11/h1-7H,(H2,21,22,23). The summed E-state index contributed by atoms with van der Waals surface area (Å²) in [5.74, 6) is 0. The minimum absolute atomic E-state index is 0.0876. The zero-order valence-corrected chi connectivity index (χ0v) is 12.2. The molecular weight excluding hydrogens is 331 g/mol. The monoisotopic (exact) mass is 339 g/mol. The number of hydrogen-bond acceptors (Lipinski definition) is 2. The Hall–Kier alpha value is -2.72. The fraction of sp³-hybridized carbons (Fsp3) is 0.0667. The van der Waals surface area contributed by atoms with Crippen LogP contribution in [0, 0.1) is 11.3 Å². The summed E-state index contributed by atoms with van der Waals surface area (Å²) < 4.78 is 38.8. The van der Waals surface area contributed by atoms with Crippen LogP contribution in [-0.2, 0) is 6.18 Å². The molecule has 2 N–H and O–H groups in total. The van der Waals surface area contributed by atoms with E-state index in [0.29, 0.717) is 11.3 Å². The van der Waals surface area contributed by atoms with Crippen LogP contribution in [-0.4, -0.2) is 6.03 Å². The van der Waals surface area contributed by atoms with Crippen LogP contribution >= 0.6 is 11.6 Å². The van der Waals surface area contributed by atoms with E-state index in [-0.39, 0.29) is 5.02 Å². The highest BCUT2D eigenvalue weighted by atomic mass is 35.5. The van der Waals surface area contributed by atoms with Gasteiger partial charge in [-0.25, -0.2) is 4.79 Å². The van der Waals surface area contributed by atoms with Crippen molar-refractivity contribution in [3.8, 4) is 6.07 Å². The first-order valence-electron chi connectivity index (χ1n) is 6.24. The van der Waals surface area contributed by atoms with Crippen molar-refractivity contribution in [3.63, 3.8) is 0 Å². The van der Waals surface area contributed by atoms with Gasteiger partial charge in [-0.05, 0) is 42.5 Å². The number of rotatable bonds is 2. The van der Waals surface area contributed by atoms with Crippen LogP contribution in [0.2, 0.25) is 5.02 Å². The van der Waals surface area contributed by atoms with Gasteiger partial charge in [-0.3, -0.25) is 0 Å². The molecule has 2 aromatic carbocycles. The lowest BCUT2D eigenvalue weighted by atomic mass is 10.1. The number of benzene rings is 2. The largest absolute Gasteiger partial charge is 0.418 e. The van der Waals surface area contributed by atoms with Crippen LogP contribution in [0.3, 0.4) is 0 Å². The minimum Gasteiger partial charge on any atom is -0.308 e. The predicted octanol–water partition coefficient (Wildman–Crippen LogP) is 4.87. The minimum atomic E-state index is -4.65. The molecule has 0 aliphatic rings. The molecule has 0 saturated carbocycles. The summed E-state index contributed by atoms with van der Waals surface area (Å²) in [5, 5.41) is 13.1. The third-order valence-corrected chi connectivity index (χ3v) is 3.04. The van der Waals surface area contributed by atoms with Gasteiger partial charge in [0.25, 0.3) is 0 Å². The van der Waals surface area contributed by atoms with E-state index < -0.39 is 23.5 Å². The number of nitriles is 1. The first-order valence-corrected chi connectivity index (χ1v) is 6.62. The van der Waals surface area contributed by atoms with E-state index in [4.69, 9.17) is 16.9 Å². The average molecular weight is 340 g/mol. The number of amides is 2. The van der Waals surface area contributed by atoms with Crippen LogP contribution in [0.5, 0.6) is 0 Å². The Morgan fingerprint density at radius 3 is 2.30 bits per heavy atom. The maximum atomic E-state index is 12.9. The van der Waals surface area contributed by atoms with Gasteiger partial charge in [0.1, 0.15) is 0 Å². The average Bonchev–Trinajstić information content (AvgIpc) is 2.49. The van der Waals surface area contributed by atoms with Gasteiger partial charge in [0.05, 0.1) is 22.9 Å². The van der Waals surface area contributed by atoms with Gasteiger partial charge in [-0.1, -0.05) is 11.6 Å². The Bertz CT molecular complexity index is 767. The van der Waals surface area contributed by atoms with Gasteiger partial charge in [0, 0.05) is 10.7 Å². The van der Waals surface area contributed by atoms with Crippen molar-refractivity contribution in [2.45, 2.75) is 6.18 Å². The summed E-state index contributed by atoms with van der Waals surface area (Å²) in [6.07, 6.45) is -4.65. The summed E-state index contributed by atoms with van der Waals surface area (Å²) in [5.41, 5.74) is -0.718. The molecule has 0 heterocycles. The number of carbonyl (C=O) groups is 1. The molecular formula is C15H9ClF3N3O. The second-order valence-corrected chi connectivity index (χ2v) is 4.89. The van der Waals surface area contributed by atoms with Gasteiger partial charge in [-0.15, -0.1) is 0 Å². The second kappa shape index (κ2) is 6.58. The summed E-state index contributed by atoms with van der Waals surface area (Å²) >= 11 is 5.56. The van der Waals surface area contributed by atoms with Crippen molar-refractivity contribution < 1.29 is 18.0 Å². The number of hydrogen-bond donors (Lipinski definition) is 2. The molecule has 0 saturated heterocycles. The second-order valence-electron chi connectivity index (χ2n) is 4.46. The molecule has 0 bridgehead atoms. The molecule has 0 unspecified atom stereocenters. The summed E-state index contributed by atoms with van der Waals surface area (Å²) in [4.78, 5) is 11.8. The molecule has 0 aliphatic carbocycles. The Balaban J connectivity index is 2.15. The first-order chi connectivity index (χ1) is 10.8. The van der Waals surface area contributed by atoms with Crippen LogP contribution in [0.25, 0.3) is 0 Å². The fourth-order valence-electron chi connectivity index (χ4n) is 1.77. The lowest BCUT2D eigenvalue weighted by Crippen LogP contribution is -2.21. The van der Waals surface area contributed by atoms with Gasteiger partial charge >= 0.3 is 12.2 Å². The lowest BCUT2D eigenvalue weighted by molar-refractivity contribution is -0.136. The molecule has 2 rings (SSSR count). The normalized spacial score (nSPS) is 10.7. The highest BCUT2D eigenvalue weighted by Gasteiger charge is 2.34. The maximum Gasteiger partial charge on any atom is 0.418 e. The van der Waals surface area contributed by atoms with Crippen molar-refractivity contribution in [1.29, 1.82) is 5.26 Å². The molecule has 0 fully saturated rings. The summed E-state index contributed by atoms with van der Waals surface area (Å²) in [6, 6.07) is 9.99. The van der Waals surface area contributed by atoms with E-state index in [9.17, 15) is 18.0 Å². The fourth-order valence-corrected chi connectivity index (χ4v) is 1.94. The molecule has 4 nitrogen and oxygen atoms in total. The lowest BCUT2D eigenvalue weighted by Gasteiger charge is -2.14. The van der Waals surface area contributed by atoms with Gasteiger partial charge in [-0.2, -0.15) is 18.4 Å². The molecule has 0 spiro atoms. The van der Waals surface area contributed by atoms with E-state index in [0.717, 1.165) is 12.1 Å². The predicted molar refractivity (Wildman–Crippen MR) is 80.3 cm³/mol. The molecule has 0 atom stereocenters. The number of carbonyl (C=O) groups excluding carboxylic acids is 1. The maximum absolute atomic E-state index is 12.9. The highest BCUT2D eigenvalue weighted by Crippen LogP contribution is 2.36. The van der Waals surface area contributed by atoms with Crippen LogP contribution in [0.4, 0.5) is 29.3 Å².